The Kier molecular flexibility index (Phi) is 4.19. The van der Waals surface area contributed by atoms with Gasteiger partial charge in [-0.05, 0) is 6.92 Å². The molecule has 0 unspecified atom stereocenters. The molecule has 1 rings (SSSR count). The van der Waals surface area contributed by atoms with Gasteiger partial charge in [-0.2, -0.15) is 26.3 Å². The number of esters is 1. The van der Waals surface area contributed by atoms with Crippen molar-refractivity contribution in [3.63, 3.8) is 0 Å². The summed E-state index contributed by atoms with van der Waals surface area (Å²) < 4.78 is 84.5. The van der Waals surface area contributed by atoms with Crippen molar-refractivity contribution < 1.29 is 45.4 Å². The first kappa shape index (κ1) is 17.1. The molecule has 0 aliphatic heterocycles. The van der Waals surface area contributed by atoms with Crippen LogP contribution in [-0.4, -0.2) is 30.0 Å². The number of halogens is 6. The average Bonchev–Trinajstić information content (AvgIpc) is 2.68. The SMILES string of the molecule is CCOC(=O)c1cc(C(O)(C(F)(F)F)C(F)(F)F)c(N)o1. The molecule has 0 atom stereocenters. The van der Waals surface area contributed by atoms with Crippen LogP contribution >= 0.6 is 0 Å². The summed E-state index contributed by atoms with van der Waals surface area (Å²) in [6, 6.07) is 0.0499. The van der Waals surface area contributed by atoms with Crippen molar-refractivity contribution in [1.29, 1.82) is 0 Å². The number of alkyl halides is 6. The van der Waals surface area contributed by atoms with Crippen LogP contribution in [0.1, 0.15) is 23.0 Å². The van der Waals surface area contributed by atoms with E-state index in [1.165, 1.54) is 6.92 Å². The first-order chi connectivity index (χ1) is 9.36. The summed E-state index contributed by atoms with van der Waals surface area (Å²) in [6.07, 6.45) is -12.3. The van der Waals surface area contributed by atoms with Gasteiger partial charge in [-0.15, -0.1) is 0 Å². The molecule has 0 saturated carbocycles. The summed E-state index contributed by atoms with van der Waals surface area (Å²) in [5.41, 5.74) is -2.17. The van der Waals surface area contributed by atoms with Gasteiger partial charge in [0.2, 0.25) is 5.76 Å². The van der Waals surface area contributed by atoms with Crippen LogP contribution in [0, 0.1) is 0 Å². The minimum absolute atomic E-state index is 0.0499. The number of hydrogen-bond acceptors (Lipinski definition) is 5. The third-order valence-electron chi connectivity index (χ3n) is 2.45. The van der Waals surface area contributed by atoms with Crippen molar-refractivity contribution >= 4 is 11.9 Å². The predicted octanol–water partition coefficient (Wildman–Crippen LogP) is 2.35. The van der Waals surface area contributed by atoms with Crippen LogP contribution in [0.25, 0.3) is 0 Å². The van der Waals surface area contributed by atoms with E-state index >= 15 is 0 Å². The van der Waals surface area contributed by atoms with Gasteiger partial charge in [-0.25, -0.2) is 4.79 Å². The summed E-state index contributed by atoms with van der Waals surface area (Å²) in [6.45, 7) is 1.16. The van der Waals surface area contributed by atoms with Crippen LogP contribution in [0.2, 0.25) is 0 Å². The fourth-order valence-electron chi connectivity index (χ4n) is 1.46. The van der Waals surface area contributed by atoms with E-state index in [2.05, 4.69) is 9.15 Å². The summed E-state index contributed by atoms with van der Waals surface area (Å²) >= 11 is 0. The van der Waals surface area contributed by atoms with Crippen molar-refractivity contribution in [2.45, 2.75) is 24.9 Å². The quantitative estimate of drug-likeness (QED) is 0.659. The van der Waals surface area contributed by atoms with E-state index in [0.717, 1.165) is 0 Å². The number of nitrogen functional groups attached to an aromatic ring is 1. The highest BCUT2D eigenvalue weighted by Gasteiger charge is 2.72. The second kappa shape index (κ2) is 5.13. The summed E-state index contributed by atoms with van der Waals surface area (Å²) in [4.78, 5) is 11.2. The van der Waals surface area contributed by atoms with E-state index in [1.54, 1.807) is 0 Å². The van der Waals surface area contributed by atoms with E-state index in [-0.39, 0.29) is 12.7 Å². The lowest BCUT2D eigenvalue weighted by Gasteiger charge is -2.31. The average molecular weight is 321 g/mol. The van der Waals surface area contributed by atoms with E-state index in [0.29, 0.717) is 0 Å². The molecular weight excluding hydrogens is 312 g/mol. The zero-order valence-electron chi connectivity index (χ0n) is 10.3. The van der Waals surface area contributed by atoms with Crippen molar-refractivity contribution in [2.75, 3.05) is 12.3 Å². The topological polar surface area (TPSA) is 85.7 Å². The molecule has 21 heavy (non-hydrogen) atoms. The van der Waals surface area contributed by atoms with Gasteiger partial charge in [0, 0.05) is 6.07 Å². The molecule has 5 nitrogen and oxygen atoms in total. The third-order valence-corrected chi connectivity index (χ3v) is 2.45. The highest BCUT2D eigenvalue weighted by atomic mass is 19.4. The number of rotatable bonds is 3. The number of hydrogen-bond donors (Lipinski definition) is 2. The summed E-state index contributed by atoms with van der Waals surface area (Å²) in [5.74, 6) is -3.70. The molecule has 0 aliphatic carbocycles. The van der Waals surface area contributed by atoms with Crippen molar-refractivity contribution in [3.05, 3.63) is 17.4 Å². The number of nitrogens with two attached hydrogens (primary N) is 1. The number of carbonyl (C=O) groups is 1. The van der Waals surface area contributed by atoms with E-state index < -0.39 is 41.1 Å². The molecule has 0 saturated heterocycles. The largest absolute Gasteiger partial charge is 0.460 e. The monoisotopic (exact) mass is 321 g/mol. The van der Waals surface area contributed by atoms with Gasteiger partial charge >= 0.3 is 18.3 Å². The molecule has 1 heterocycles. The van der Waals surface area contributed by atoms with Crippen molar-refractivity contribution in [3.8, 4) is 0 Å². The first-order valence-electron chi connectivity index (χ1n) is 5.29. The van der Waals surface area contributed by atoms with Gasteiger partial charge in [0.05, 0.1) is 12.2 Å². The number of aliphatic hydroxyl groups is 1. The van der Waals surface area contributed by atoms with Gasteiger partial charge in [-0.3, -0.25) is 0 Å². The fourth-order valence-corrected chi connectivity index (χ4v) is 1.46. The van der Waals surface area contributed by atoms with Gasteiger partial charge in [0.15, 0.2) is 5.88 Å². The molecule has 0 aliphatic rings. The molecule has 1 aromatic rings. The minimum Gasteiger partial charge on any atom is -0.460 e. The Morgan fingerprint density at radius 3 is 2.14 bits per heavy atom. The highest BCUT2D eigenvalue weighted by Crippen LogP contribution is 2.52. The number of anilines is 1. The summed E-state index contributed by atoms with van der Waals surface area (Å²) in [5, 5.41) is 9.12. The number of ether oxygens (including phenoxy) is 1. The third kappa shape index (κ3) is 2.77. The van der Waals surface area contributed by atoms with Crippen LogP contribution in [0.3, 0.4) is 0 Å². The predicted molar refractivity (Wildman–Crippen MR) is 55.1 cm³/mol. The summed E-state index contributed by atoms with van der Waals surface area (Å²) in [7, 11) is 0. The molecule has 0 aromatic carbocycles. The molecule has 0 spiro atoms. The molecular formula is C10H9F6NO4. The lowest BCUT2D eigenvalue weighted by Crippen LogP contribution is -2.54. The Bertz CT molecular complexity index is 519. The normalized spacial score (nSPS) is 13.3. The molecule has 0 radical (unpaired) electrons. The first-order valence-corrected chi connectivity index (χ1v) is 5.29. The fraction of sp³-hybridized carbons (Fsp3) is 0.500. The van der Waals surface area contributed by atoms with Gasteiger partial charge < -0.3 is 20.0 Å². The maximum atomic E-state index is 12.6. The molecule has 3 N–H and O–H groups in total. The zero-order valence-corrected chi connectivity index (χ0v) is 10.3. The lowest BCUT2D eigenvalue weighted by molar-refractivity contribution is -0.376. The van der Waals surface area contributed by atoms with Crippen LogP contribution in [0.15, 0.2) is 10.5 Å². The number of furan rings is 1. The van der Waals surface area contributed by atoms with Crippen LogP contribution < -0.4 is 5.73 Å². The Hall–Kier alpha value is -1.91. The zero-order chi connectivity index (χ0) is 16.6. The van der Waals surface area contributed by atoms with Crippen LogP contribution in [-0.2, 0) is 10.3 Å². The second-order valence-corrected chi connectivity index (χ2v) is 3.81. The Balaban J connectivity index is 3.45. The maximum absolute atomic E-state index is 12.6. The molecule has 11 heteroatoms. The van der Waals surface area contributed by atoms with Crippen LogP contribution in [0.4, 0.5) is 32.2 Å². The Labute approximate surface area is 113 Å². The molecule has 0 bridgehead atoms. The smallest absolute Gasteiger partial charge is 0.430 e. The lowest BCUT2D eigenvalue weighted by atomic mass is 9.93. The van der Waals surface area contributed by atoms with Crippen molar-refractivity contribution in [1.82, 2.24) is 0 Å². The van der Waals surface area contributed by atoms with Crippen LogP contribution in [0.5, 0.6) is 0 Å². The van der Waals surface area contributed by atoms with Gasteiger partial charge in [0.1, 0.15) is 0 Å². The van der Waals surface area contributed by atoms with Crippen molar-refractivity contribution in [2.24, 2.45) is 0 Å². The molecule has 0 amide bonds. The second-order valence-electron chi connectivity index (χ2n) is 3.81. The Morgan fingerprint density at radius 2 is 1.76 bits per heavy atom. The van der Waals surface area contributed by atoms with Gasteiger partial charge in [-0.1, -0.05) is 0 Å². The standard InChI is InChI=1S/C10H9F6NO4/c1-2-20-7(18)5-3-4(6(17)21-5)8(19,9(11,12)13)10(14,15)16/h3,19H,2,17H2,1H3. The van der Waals surface area contributed by atoms with E-state index in [1.807, 2.05) is 0 Å². The van der Waals surface area contributed by atoms with Gasteiger partial charge in [0.25, 0.3) is 5.60 Å². The van der Waals surface area contributed by atoms with E-state index in [9.17, 15) is 31.1 Å². The number of carbonyl (C=O) groups excluding carboxylic acids is 1. The molecule has 1 aromatic heterocycles. The molecule has 120 valence electrons. The minimum atomic E-state index is -6.13. The maximum Gasteiger partial charge on any atom is 0.430 e. The molecule has 0 fully saturated rings. The highest BCUT2D eigenvalue weighted by molar-refractivity contribution is 5.87. The Morgan fingerprint density at radius 1 is 1.29 bits per heavy atom. The van der Waals surface area contributed by atoms with E-state index in [4.69, 9.17) is 10.8 Å².